The van der Waals surface area contributed by atoms with Crippen LogP contribution in [-0.4, -0.2) is 96.8 Å². The summed E-state index contributed by atoms with van der Waals surface area (Å²) in [7, 11) is 1.99. The summed E-state index contributed by atoms with van der Waals surface area (Å²) in [6, 6.07) is 5.39. The average Bonchev–Trinajstić information content (AvgIpc) is 4.08. The van der Waals surface area contributed by atoms with Crippen LogP contribution < -0.4 is 32.3 Å². The van der Waals surface area contributed by atoms with E-state index in [0.717, 1.165) is 87.7 Å². The number of epoxide rings is 1. The summed E-state index contributed by atoms with van der Waals surface area (Å²) in [6.07, 6.45) is 25.9. The van der Waals surface area contributed by atoms with E-state index in [1.54, 1.807) is 6.07 Å². The van der Waals surface area contributed by atoms with Gasteiger partial charge in [-0.1, -0.05) is 80.8 Å². The van der Waals surface area contributed by atoms with Crippen LogP contribution in [0.5, 0.6) is 0 Å². The highest BCUT2D eigenvalue weighted by molar-refractivity contribution is 6.33. The smallest absolute Gasteiger partial charge is 0.350 e. The third kappa shape index (κ3) is 9.15. The maximum Gasteiger partial charge on any atom is 0.350 e. The molecular formula is C58H78N6O7. The lowest BCUT2D eigenvalue weighted by atomic mass is 9.66. The van der Waals surface area contributed by atoms with Crippen LogP contribution in [0.4, 0.5) is 0 Å². The lowest BCUT2D eigenvalue weighted by Gasteiger charge is -2.44. The molecule has 4 aliphatic carbocycles. The summed E-state index contributed by atoms with van der Waals surface area (Å²) in [4.78, 5) is 47.2. The Kier molecular flexibility index (Phi) is 14.3. The standard InChI is InChI=1S/C58H78N6O7/c1-5-61-46-26-37-13-8-12-36-11-6-7-22-56(3,29-35-17-20-48(59)63-32-35)30-40-14-9-15-43-50(40)53(68)58(55(69)70-47(16-10-24-65)45(46)28-44(36)37)57(71-58,52(43)67)31-41(33-66)34(2)25-38-18-19-39-27-49(60-4)64-54-51(39)42(38)21-23-62-54/h8-9,13-15,17,20-21,26,32,36,38-39,44-49,60-66H,5-7,10-12,16,18-19,22-25,27-31,33,59H2,1-4H3. The number of dihydropyridines is 2. The van der Waals surface area contributed by atoms with Gasteiger partial charge in [0, 0.05) is 48.9 Å². The molecule has 5 heterocycles. The van der Waals surface area contributed by atoms with Gasteiger partial charge in [-0.05, 0) is 166 Å². The van der Waals surface area contributed by atoms with E-state index in [2.05, 4.69) is 70.8 Å². The molecule has 13 nitrogen and oxygen atoms in total. The molecule has 12 unspecified atom stereocenters. The molecule has 1 saturated carbocycles. The number of benzene rings is 1. The molecule has 0 amide bonds. The van der Waals surface area contributed by atoms with Crippen molar-refractivity contribution in [2.24, 2.45) is 40.7 Å². The van der Waals surface area contributed by atoms with Crippen LogP contribution in [0.2, 0.25) is 0 Å². The Balaban J connectivity index is 1.05. The first-order valence-corrected chi connectivity index (χ1v) is 27.0. The summed E-state index contributed by atoms with van der Waals surface area (Å²) in [5, 5.41) is 39.2. The van der Waals surface area contributed by atoms with E-state index in [4.69, 9.17) is 15.2 Å². The largest absolute Gasteiger partial charge is 0.459 e. The van der Waals surface area contributed by atoms with E-state index in [9.17, 15) is 10.2 Å². The molecule has 2 fully saturated rings. The zero-order chi connectivity index (χ0) is 49.7. The van der Waals surface area contributed by atoms with Gasteiger partial charge in [0.05, 0.1) is 18.9 Å². The number of allylic oxidation sites excluding steroid dienone is 8. The van der Waals surface area contributed by atoms with Gasteiger partial charge in [-0.25, -0.2) is 4.79 Å². The first-order valence-electron chi connectivity index (χ1n) is 27.0. The quantitative estimate of drug-likeness (QED) is 0.0455. The van der Waals surface area contributed by atoms with E-state index in [1.807, 2.05) is 38.4 Å². The number of nitrogens with one attached hydrogen (secondary N) is 5. The van der Waals surface area contributed by atoms with Gasteiger partial charge in [0.2, 0.25) is 5.78 Å². The molecule has 71 heavy (non-hydrogen) atoms. The van der Waals surface area contributed by atoms with Crippen molar-refractivity contribution in [3.63, 3.8) is 0 Å². The lowest BCUT2D eigenvalue weighted by Crippen LogP contribution is -2.53. The summed E-state index contributed by atoms with van der Waals surface area (Å²) < 4.78 is 13.5. The normalized spacial score (nSPS) is 36.6. The van der Waals surface area contributed by atoms with E-state index >= 15 is 14.4 Å². The summed E-state index contributed by atoms with van der Waals surface area (Å²) in [5.74, 6) is 0.442. The van der Waals surface area contributed by atoms with Gasteiger partial charge in [-0.3, -0.25) is 9.59 Å². The zero-order valence-corrected chi connectivity index (χ0v) is 42.4. The minimum Gasteiger partial charge on any atom is -0.459 e. The van der Waals surface area contributed by atoms with Crippen LogP contribution in [0.15, 0.2) is 100 Å². The fourth-order valence-electron chi connectivity index (χ4n) is 14.4. The minimum absolute atomic E-state index is 0.0822. The molecular weight excluding hydrogens is 893 g/mol. The molecule has 0 radical (unpaired) electrons. The van der Waals surface area contributed by atoms with Crippen molar-refractivity contribution >= 4 is 17.5 Å². The molecule has 382 valence electrons. The second-order valence-corrected chi connectivity index (χ2v) is 22.7. The second kappa shape index (κ2) is 20.3. The van der Waals surface area contributed by atoms with Crippen molar-refractivity contribution in [3.05, 3.63) is 117 Å². The monoisotopic (exact) mass is 971 g/mol. The summed E-state index contributed by atoms with van der Waals surface area (Å²) in [5.41, 5.74) is 9.53. The minimum atomic E-state index is -2.25. The Morgan fingerprint density at radius 1 is 1.06 bits per heavy atom. The Labute approximate surface area is 420 Å². The van der Waals surface area contributed by atoms with Gasteiger partial charge in [0.15, 0.2) is 11.4 Å². The zero-order valence-electron chi connectivity index (χ0n) is 42.4. The number of hydrogen-bond acceptors (Lipinski definition) is 13. The fraction of sp³-hybridized carbons (Fsp3) is 0.603. The Hall–Kier alpha value is -4.63. The van der Waals surface area contributed by atoms with Gasteiger partial charge in [0.1, 0.15) is 11.9 Å². The number of carbonyl (C=O) groups excluding carboxylic acids is 3. The number of aliphatic hydroxyl groups is 2. The number of Topliss-reactive ketones (excluding diaryl/α,β-unsaturated/α-hetero) is 2. The number of hydrogen-bond donors (Lipinski definition) is 8. The third-order valence-electron chi connectivity index (χ3n) is 18.1. The van der Waals surface area contributed by atoms with Crippen LogP contribution in [0.3, 0.4) is 0 Å². The van der Waals surface area contributed by atoms with Crippen molar-refractivity contribution < 1.29 is 34.1 Å². The number of likely N-dealkylation sites (N-methyl/N-ethyl adjacent to an activating group) is 1. The molecule has 12 atom stereocenters. The Bertz CT molecular complexity index is 2500. The molecule has 4 bridgehead atoms. The van der Waals surface area contributed by atoms with Crippen LogP contribution >= 0.6 is 0 Å². The Morgan fingerprint density at radius 2 is 1.92 bits per heavy atom. The van der Waals surface area contributed by atoms with Crippen LogP contribution in [-0.2, 0) is 20.7 Å². The summed E-state index contributed by atoms with van der Waals surface area (Å²) in [6.45, 7) is 7.36. The van der Waals surface area contributed by atoms with E-state index in [1.165, 1.54) is 16.7 Å². The number of rotatable bonds is 13. The van der Waals surface area contributed by atoms with Crippen molar-refractivity contribution in [1.29, 1.82) is 0 Å². The number of carbonyl (C=O) groups is 3. The molecule has 10 rings (SSSR count). The van der Waals surface area contributed by atoms with Crippen LogP contribution in [0.25, 0.3) is 0 Å². The predicted molar refractivity (Wildman–Crippen MR) is 274 cm³/mol. The van der Waals surface area contributed by atoms with Crippen molar-refractivity contribution in [3.8, 4) is 0 Å². The summed E-state index contributed by atoms with van der Waals surface area (Å²) >= 11 is 0. The maximum atomic E-state index is 15.9. The number of nitrogens with two attached hydrogens (primary N) is 1. The van der Waals surface area contributed by atoms with Crippen molar-refractivity contribution in [1.82, 2.24) is 26.6 Å². The SMILES string of the molecule is CCNC1C=C2C=CCC3CCCCC(C)(CC4=CNC(N)C=C4)Cc4cccc5c4C(=O)C4(OC4(CC(CO)=C(C)CC4CCC6CC(NC)NC7=C6C4=CCN7)C5=O)C(=O)OC(CCCO)C1CC23. The Morgan fingerprint density at radius 3 is 2.69 bits per heavy atom. The van der Waals surface area contributed by atoms with Crippen LogP contribution in [0, 0.1) is 35.0 Å². The van der Waals surface area contributed by atoms with E-state index < -0.39 is 34.8 Å². The molecule has 9 aliphatic rings. The third-order valence-corrected chi connectivity index (χ3v) is 18.1. The lowest BCUT2D eigenvalue weighted by molar-refractivity contribution is -0.158. The van der Waals surface area contributed by atoms with Gasteiger partial charge in [-0.2, -0.15) is 0 Å². The molecule has 1 aromatic rings. The van der Waals surface area contributed by atoms with Gasteiger partial charge in [0.25, 0.3) is 5.60 Å². The highest BCUT2D eigenvalue weighted by Crippen LogP contribution is 2.61. The van der Waals surface area contributed by atoms with Gasteiger partial charge >= 0.3 is 5.97 Å². The number of fused-ring (bicyclic) bond motifs is 1. The van der Waals surface area contributed by atoms with E-state index in [-0.39, 0.29) is 72.3 Å². The molecule has 1 aromatic carbocycles. The number of esters is 1. The van der Waals surface area contributed by atoms with Crippen LogP contribution in [0.1, 0.15) is 137 Å². The highest BCUT2D eigenvalue weighted by atomic mass is 16.7. The predicted octanol–water partition coefficient (Wildman–Crippen LogP) is 6.61. The van der Waals surface area contributed by atoms with E-state index in [0.29, 0.717) is 55.2 Å². The fourth-order valence-corrected chi connectivity index (χ4v) is 14.4. The first-order chi connectivity index (χ1) is 34.3. The number of ketones is 2. The molecule has 5 aliphatic heterocycles. The van der Waals surface area contributed by atoms with Crippen molar-refractivity contribution in [2.75, 3.05) is 33.4 Å². The van der Waals surface area contributed by atoms with Gasteiger partial charge < -0.3 is 52.0 Å². The molecule has 1 saturated heterocycles. The number of aliphatic hydroxyl groups excluding tert-OH is 2. The molecule has 1 spiro atoms. The molecule has 9 N–H and O–H groups in total. The topological polar surface area (TPSA) is 200 Å². The first kappa shape index (κ1) is 49.9. The highest BCUT2D eigenvalue weighted by Gasteiger charge is 2.86. The number of cyclic esters (lactones) is 1. The molecule has 13 heteroatoms. The molecule has 0 aromatic heterocycles. The van der Waals surface area contributed by atoms with Crippen molar-refractivity contribution in [2.45, 2.75) is 153 Å². The maximum absolute atomic E-state index is 15.9. The average molecular weight is 971 g/mol. The number of ether oxygens (including phenoxy) is 2. The van der Waals surface area contributed by atoms with Gasteiger partial charge in [-0.15, -0.1) is 0 Å². The second-order valence-electron chi connectivity index (χ2n) is 22.7.